The SMILES string of the molecule is CCCC[N+](CCCC)(CCCC)CCCC.c1ccc([S+](c2ccccc2)c2ccccc2)cc1. The van der Waals surface area contributed by atoms with E-state index in [-0.39, 0.29) is 10.9 Å². The van der Waals surface area contributed by atoms with Gasteiger partial charge in [0.15, 0.2) is 14.7 Å². The van der Waals surface area contributed by atoms with Gasteiger partial charge in [0.05, 0.1) is 37.1 Å². The van der Waals surface area contributed by atoms with Crippen LogP contribution in [0.1, 0.15) is 79.1 Å². The summed E-state index contributed by atoms with van der Waals surface area (Å²) in [6.45, 7) is 15.0. The highest BCUT2D eigenvalue weighted by atomic mass is 32.2. The summed E-state index contributed by atoms with van der Waals surface area (Å²) < 4.78 is 1.42. The predicted molar refractivity (Wildman–Crippen MR) is 161 cm³/mol. The zero-order chi connectivity index (χ0) is 25.9. The lowest BCUT2D eigenvalue weighted by molar-refractivity contribution is -0.929. The van der Waals surface area contributed by atoms with Crippen molar-refractivity contribution in [3.63, 3.8) is 0 Å². The molecule has 0 fully saturated rings. The fraction of sp³-hybridized carbons (Fsp3) is 0.471. The standard InChI is InChI=1S/C18H15S.C16H36N/c1-4-10-16(11-5-1)19(17-12-6-2-7-13-17)18-14-8-3-9-15-18;1-5-9-13-17(14-10-6-2,15-11-7-3)16-12-8-4/h1-15H;5-16H2,1-4H3/q2*+1. The molecule has 3 rings (SSSR count). The first-order valence-electron chi connectivity index (χ1n) is 14.4. The summed E-state index contributed by atoms with van der Waals surface area (Å²) in [5, 5.41) is 0. The van der Waals surface area contributed by atoms with Crippen molar-refractivity contribution >= 4 is 10.9 Å². The second kappa shape index (κ2) is 18.3. The molecule has 0 aliphatic carbocycles. The minimum Gasteiger partial charge on any atom is -0.324 e. The Morgan fingerprint density at radius 2 is 0.667 bits per heavy atom. The van der Waals surface area contributed by atoms with Gasteiger partial charge >= 0.3 is 0 Å². The van der Waals surface area contributed by atoms with Gasteiger partial charge in [0.1, 0.15) is 0 Å². The van der Waals surface area contributed by atoms with Crippen molar-refractivity contribution in [3.8, 4) is 0 Å². The number of quaternary nitrogens is 1. The average Bonchev–Trinajstić information content (AvgIpc) is 2.94. The highest BCUT2D eigenvalue weighted by molar-refractivity contribution is 7.97. The van der Waals surface area contributed by atoms with Gasteiger partial charge in [-0.3, -0.25) is 0 Å². The molecule has 0 N–H and O–H groups in total. The van der Waals surface area contributed by atoms with Crippen molar-refractivity contribution in [2.45, 2.75) is 93.7 Å². The van der Waals surface area contributed by atoms with Gasteiger partial charge in [0, 0.05) is 0 Å². The fourth-order valence-corrected chi connectivity index (χ4v) is 6.83. The van der Waals surface area contributed by atoms with Crippen molar-refractivity contribution in [3.05, 3.63) is 91.0 Å². The van der Waals surface area contributed by atoms with Gasteiger partial charge in [-0.1, -0.05) is 108 Å². The van der Waals surface area contributed by atoms with Gasteiger partial charge in [-0.15, -0.1) is 0 Å². The van der Waals surface area contributed by atoms with Crippen LogP contribution < -0.4 is 0 Å². The quantitative estimate of drug-likeness (QED) is 0.142. The molecule has 0 amide bonds. The van der Waals surface area contributed by atoms with Crippen LogP contribution in [0, 0.1) is 0 Å². The number of hydrogen-bond acceptors (Lipinski definition) is 0. The maximum atomic E-state index is 2.33. The molecule has 0 spiro atoms. The van der Waals surface area contributed by atoms with E-state index in [2.05, 4.69) is 119 Å². The molecule has 3 aromatic rings. The van der Waals surface area contributed by atoms with Crippen LogP contribution in [0.2, 0.25) is 0 Å². The highest BCUT2D eigenvalue weighted by Crippen LogP contribution is 2.30. The van der Waals surface area contributed by atoms with Gasteiger partial charge in [0.2, 0.25) is 0 Å². The first kappa shape index (κ1) is 30.2. The van der Waals surface area contributed by atoms with Gasteiger partial charge < -0.3 is 4.48 Å². The van der Waals surface area contributed by atoms with Gasteiger partial charge in [-0.2, -0.15) is 0 Å². The molecule has 2 heteroatoms. The summed E-state index contributed by atoms with van der Waals surface area (Å²) in [5.41, 5.74) is 0. The lowest BCUT2D eigenvalue weighted by Gasteiger charge is -2.39. The predicted octanol–water partition coefficient (Wildman–Crippen LogP) is 9.79. The van der Waals surface area contributed by atoms with Crippen LogP contribution in [-0.2, 0) is 10.9 Å². The van der Waals surface area contributed by atoms with Crippen LogP contribution >= 0.6 is 0 Å². The Hall–Kier alpha value is -2.03. The monoisotopic (exact) mass is 505 g/mol. The van der Waals surface area contributed by atoms with E-state index in [0.29, 0.717) is 0 Å². The minimum absolute atomic E-state index is 0.0146. The van der Waals surface area contributed by atoms with Crippen molar-refractivity contribution in [1.29, 1.82) is 0 Å². The molecule has 0 aliphatic rings. The maximum Gasteiger partial charge on any atom is 0.166 e. The molecule has 1 nitrogen and oxygen atoms in total. The van der Waals surface area contributed by atoms with Crippen LogP contribution in [-0.4, -0.2) is 30.7 Å². The van der Waals surface area contributed by atoms with E-state index in [1.807, 2.05) is 0 Å². The molecule has 0 radical (unpaired) electrons. The summed E-state index contributed by atoms with van der Waals surface area (Å²) >= 11 is 0. The number of unbranched alkanes of at least 4 members (excludes halogenated alkanes) is 4. The van der Waals surface area contributed by atoms with E-state index < -0.39 is 0 Å². The largest absolute Gasteiger partial charge is 0.324 e. The van der Waals surface area contributed by atoms with Crippen molar-refractivity contribution in [1.82, 2.24) is 0 Å². The Bertz CT molecular complexity index is 763. The summed E-state index contributed by atoms with van der Waals surface area (Å²) in [7, 11) is -0.0146. The molecule has 0 atom stereocenters. The summed E-state index contributed by atoms with van der Waals surface area (Å²) in [5.74, 6) is 0. The lowest BCUT2D eigenvalue weighted by atomic mass is 10.1. The van der Waals surface area contributed by atoms with E-state index in [0.717, 1.165) is 0 Å². The highest BCUT2D eigenvalue weighted by Gasteiger charge is 2.27. The Labute approximate surface area is 225 Å². The first-order chi connectivity index (χ1) is 17.7. The van der Waals surface area contributed by atoms with Gasteiger partial charge in [-0.25, -0.2) is 0 Å². The Morgan fingerprint density at radius 3 is 0.889 bits per heavy atom. The molecule has 0 saturated carbocycles. The van der Waals surface area contributed by atoms with Crippen LogP contribution in [0.15, 0.2) is 106 Å². The molecule has 0 unspecified atom stereocenters. The molecule has 0 bridgehead atoms. The van der Waals surface area contributed by atoms with Crippen LogP contribution in [0.4, 0.5) is 0 Å². The van der Waals surface area contributed by atoms with Crippen molar-refractivity contribution in [2.75, 3.05) is 26.2 Å². The van der Waals surface area contributed by atoms with Crippen LogP contribution in [0.5, 0.6) is 0 Å². The molecule has 0 aliphatic heterocycles. The number of hydrogen-bond donors (Lipinski definition) is 0. The van der Waals surface area contributed by atoms with Crippen molar-refractivity contribution in [2.24, 2.45) is 0 Å². The zero-order valence-corrected chi connectivity index (χ0v) is 24.3. The second-order valence-corrected chi connectivity index (χ2v) is 11.9. The third-order valence-corrected chi connectivity index (χ3v) is 9.11. The zero-order valence-electron chi connectivity index (χ0n) is 23.5. The summed E-state index contributed by atoms with van der Waals surface area (Å²) in [6.07, 6.45) is 11.1. The third-order valence-electron chi connectivity index (χ3n) is 6.88. The number of nitrogens with zero attached hydrogens (tertiary/aromatic N) is 1. The summed E-state index contributed by atoms with van der Waals surface area (Å²) in [6, 6.07) is 32.2. The molecule has 0 aromatic heterocycles. The normalized spacial score (nSPS) is 11.2. The lowest BCUT2D eigenvalue weighted by Crippen LogP contribution is -2.50. The minimum atomic E-state index is -0.0146. The molecule has 3 aromatic carbocycles. The van der Waals surface area contributed by atoms with Crippen LogP contribution in [0.25, 0.3) is 0 Å². The molecule has 36 heavy (non-hydrogen) atoms. The summed E-state index contributed by atoms with van der Waals surface area (Å²) in [4.78, 5) is 4.08. The maximum absolute atomic E-state index is 2.33. The third kappa shape index (κ3) is 10.5. The fourth-order valence-electron chi connectivity index (χ4n) is 4.72. The van der Waals surface area contributed by atoms with Gasteiger partial charge in [-0.05, 0) is 62.1 Å². The first-order valence-corrected chi connectivity index (χ1v) is 15.7. The van der Waals surface area contributed by atoms with E-state index in [1.54, 1.807) is 0 Å². The van der Waals surface area contributed by atoms with E-state index in [1.165, 1.54) is 96.7 Å². The molecule has 0 heterocycles. The van der Waals surface area contributed by atoms with E-state index in [4.69, 9.17) is 0 Å². The second-order valence-electron chi connectivity index (χ2n) is 9.90. The molecule has 0 saturated heterocycles. The number of rotatable bonds is 15. The van der Waals surface area contributed by atoms with E-state index in [9.17, 15) is 0 Å². The van der Waals surface area contributed by atoms with Crippen LogP contribution in [0.3, 0.4) is 0 Å². The topological polar surface area (TPSA) is 0 Å². The van der Waals surface area contributed by atoms with E-state index >= 15 is 0 Å². The number of benzene rings is 3. The molecular formula is C34H51NS+2. The average molecular weight is 506 g/mol. The molecule has 196 valence electrons. The Kier molecular flexibility index (Phi) is 15.3. The Balaban J connectivity index is 0.000000256. The van der Waals surface area contributed by atoms with Crippen molar-refractivity contribution < 1.29 is 4.48 Å². The Morgan fingerprint density at radius 1 is 0.417 bits per heavy atom. The molecular weight excluding hydrogens is 454 g/mol. The smallest absolute Gasteiger partial charge is 0.166 e. The van der Waals surface area contributed by atoms with Gasteiger partial charge in [0.25, 0.3) is 0 Å².